The molecule has 2 aromatic carbocycles. The molecule has 0 aliphatic carbocycles. The predicted octanol–water partition coefficient (Wildman–Crippen LogP) is 4.51. The van der Waals surface area contributed by atoms with Gasteiger partial charge < -0.3 is 10.0 Å². The topological polar surface area (TPSA) is 49.2 Å². The summed E-state index contributed by atoms with van der Waals surface area (Å²) in [5.41, 5.74) is 4.76. The summed E-state index contributed by atoms with van der Waals surface area (Å²) in [6, 6.07) is 17.8. The largest absolute Gasteiger partial charge is 0.507 e. The number of para-hydroxylation sites is 1. The molecule has 1 fully saturated rings. The molecule has 4 nitrogen and oxygen atoms in total. The maximum absolute atomic E-state index is 10.0. The first-order valence-corrected chi connectivity index (χ1v) is 8.78. The highest BCUT2D eigenvalue weighted by Gasteiger charge is 2.11. The van der Waals surface area contributed by atoms with Crippen molar-refractivity contribution in [1.82, 2.24) is 10.2 Å². The lowest BCUT2D eigenvalue weighted by molar-refractivity contribution is 0.477. The number of hydrogen-bond acceptors (Lipinski definition) is 4. The van der Waals surface area contributed by atoms with Crippen LogP contribution in [0, 0.1) is 0 Å². The third kappa shape index (κ3) is 3.33. The van der Waals surface area contributed by atoms with Gasteiger partial charge in [0, 0.05) is 29.9 Å². The van der Waals surface area contributed by atoms with Gasteiger partial charge in [0.1, 0.15) is 5.75 Å². The molecule has 2 heterocycles. The van der Waals surface area contributed by atoms with E-state index in [4.69, 9.17) is 0 Å². The Morgan fingerprint density at radius 2 is 1.60 bits per heavy atom. The Labute approximate surface area is 147 Å². The fourth-order valence-electron chi connectivity index (χ4n) is 3.36. The summed E-state index contributed by atoms with van der Waals surface area (Å²) in [6.07, 6.45) is 5.66. The third-order valence-corrected chi connectivity index (χ3v) is 4.76. The first-order valence-electron chi connectivity index (χ1n) is 8.78. The lowest BCUT2D eigenvalue weighted by Gasteiger charge is -2.28. The second-order valence-electron chi connectivity index (χ2n) is 6.44. The zero-order chi connectivity index (χ0) is 17.1. The Balaban J connectivity index is 1.62. The second kappa shape index (κ2) is 6.93. The molecule has 0 atom stereocenters. The molecule has 1 aliphatic rings. The fourth-order valence-corrected chi connectivity index (χ4v) is 3.36. The molecule has 0 radical (unpaired) electrons. The SMILES string of the molecule is Oc1ccccc1-c1cc(-c2ccc(N3CCCCC3)cc2)cnn1. The van der Waals surface area contributed by atoms with Crippen LogP contribution in [0.3, 0.4) is 0 Å². The van der Waals surface area contributed by atoms with Gasteiger partial charge in [-0.3, -0.25) is 0 Å². The highest BCUT2D eigenvalue weighted by Crippen LogP contribution is 2.30. The molecule has 0 bridgehead atoms. The zero-order valence-corrected chi connectivity index (χ0v) is 14.1. The van der Waals surface area contributed by atoms with Crippen molar-refractivity contribution in [2.24, 2.45) is 0 Å². The smallest absolute Gasteiger partial charge is 0.125 e. The van der Waals surface area contributed by atoms with Gasteiger partial charge in [-0.15, -0.1) is 0 Å². The summed E-state index contributed by atoms with van der Waals surface area (Å²) in [5, 5.41) is 18.3. The van der Waals surface area contributed by atoms with Crippen LogP contribution in [-0.2, 0) is 0 Å². The van der Waals surface area contributed by atoms with Gasteiger partial charge in [-0.1, -0.05) is 24.3 Å². The van der Waals surface area contributed by atoms with Crippen molar-refractivity contribution in [1.29, 1.82) is 0 Å². The van der Waals surface area contributed by atoms with Gasteiger partial charge in [-0.25, -0.2) is 0 Å². The number of benzene rings is 2. The van der Waals surface area contributed by atoms with Crippen molar-refractivity contribution in [2.75, 3.05) is 18.0 Å². The molecular formula is C21H21N3O. The van der Waals surface area contributed by atoms with Crippen molar-refractivity contribution in [3.05, 3.63) is 60.8 Å². The van der Waals surface area contributed by atoms with Gasteiger partial charge in [-0.2, -0.15) is 10.2 Å². The van der Waals surface area contributed by atoms with E-state index >= 15 is 0 Å². The Morgan fingerprint density at radius 1 is 0.840 bits per heavy atom. The van der Waals surface area contributed by atoms with Crippen LogP contribution in [0.15, 0.2) is 60.8 Å². The van der Waals surface area contributed by atoms with E-state index in [-0.39, 0.29) is 5.75 Å². The number of aromatic hydroxyl groups is 1. The minimum Gasteiger partial charge on any atom is -0.507 e. The number of nitrogens with zero attached hydrogens (tertiary/aromatic N) is 3. The molecule has 1 saturated heterocycles. The van der Waals surface area contributed by atoms with Crippen LogP contribution < -0.4 is 4.90 Å². The molecule has 1 aliphatic heterocycles. The number of piperidine rings is 1. The second-order valence-corrected chi connectivity index (χ2v) is 6.44. The molecule has 4 heteroatoms. The number of hydrogen-bond donors (Lipinski definition) is 1. The maximum atomic E-state index is 10.0. The molecular weight excluding hydrogens is 310 g/mol. The first-order chi connectivity index (χ1) is 12.3. The minimum absolute atomic E-state index is 0.217. The van der Waals surface area contributed by atoms with Crippen LogP contribution >= 0.6 is 0 Å². The van der Waals surface area contributed by atoms with Gasteiger partial charge >= 0.3 is 0 Å². The highest BCUT2D eigenvalue weighted by molar-refractivity contribution is 5.73. The summed E-state index contributed by atoms with van der Waals surface area (Å²) >= 11 is 0. The fraction of sp³-hybridized carbons (Fsp3) is 0.238. The maximum Gasteiger partial charge on any atom is 0.125 e. The van der Waals surface area contributed by atoms with E-state index < -0.39 is 0 Å². The number of phenols is 1. The van der Waals surface area contributed by atoms with Gasteiger partial charge in [-0.05, 0) is 55.2 Å². The lowest BCUT2D eigenvalue weighted by atomic mass is 10.0. The van der Waals surface area contributed by atoms with E-state index in [0.717, 1.165) is 24.2 Å². The summed E-state index contributed by atoms with van der Waals surface area (Å²) in [5.74, 6) is 0.217. The summed E-state index contributed by atoms with van der Waals surface area (Å²) in [6.45, 7) is 2.29. The normalized spacial score (nSPS) is 14.5. The van der Waals surface area contributed by atoms with Crippen LogP contribution in [0.25, 0.3) is 22.4 Å². The average Bonchev–Trinajstić information content (AvgIpc) is 2.69. The summed E-state index contributed by atoms with van der Waals surface area (Å²) in [4.78, 5) is 2.45. The number of rotatable bonds is 3. The number of aromatic nitrogens is 2. The van der Waals surface area contributed by atoms with Crippen LogP contribution in [0.4, 0.5) is 5.69 Å². The van der Waals surface area contributed by atoms with Gasteiger partial charge in [0.15, 0.2) is 0 Å². The van der Waals surface area contributed by atoms with Crippen LogP contribution in [0.5, 0.6) is 5.75 Å². The van der Waals surface area contributed by atoms with Gasteiger partial charge in [0.25, 0.3) is 0 Å². The van der Waals surface area contributed by atoms with Crippen LogP contribution in [0.1, 0.15) is 19.3 Å². The lowest BCUT2D eigenvalue weighted by Crippen LogP contribution is -2.29. The van der Waals surface area contributed by atoms with E-state index in [1.807, 2.05) is 18.2 Å². The van der Waals surface area contributed by atoms with Crippen molar-refractivity contribution < 1.29 is 5.11 Å². The molecule has 4 rings (SSSR count). The number of anilines is 1. The molecule has 0 spiro atoms. The van der Waals surface area contributed by atoms with E-state index in [1.54, 1.807) is 18.3 Å². The van der Waals surface area contributed by atoms with Crippen molar-refractivity contribution in [3.8, 4) is 28.1 Å². The van der Waals surface area contributed by atoms with E-state index in [1.165, 1.54) is 24.9 Å². The predicted molar refractivity (Wildman–Crippen MR) is 101 cm³/mol. The molecule has 0 amide bonds. The molecule has 126 valence electrons. The monoisotopic (exact) mass is 331 g/mol. The van der Waals surface area contributed by atoms with Crippen LogP contribution in [0.2, 0.25) is 0 Å². The standard InChI is InChI=1S/C21H21N3O/c25-21-7-3-2-6-19(21)20-14-17(15-22-23-20)16-8-10-18(11-9-16)24-12-4-1-5-13-24/h2-3,6-11,14-15,25H,1,4-5,12-13H2. The first kappa shape index (κ1) is 15.6. The van der Waals surface area contributed by atoms with E-state index in [9.17, 15) is 5.11 Å². The molecule has 0 saturated carbocycles. The molecule has 0 unspecified atom stereocenters. The summed E-state index contributed by atoms with van der Waals surface area (Å²) in [7, 11) is 0. The molecule has 3 aromatic rings. The quantitative estimate of drug-likeness (QED) is 0.767. The summed E-state index contributed by atoms with van der Waals surface area (Å²) < 4.78 is 0. The Morgan fingerprint density at radius 3 is 2.36 bits per heavy atom. The van der Waals surface area contributed by atoms with E-state index in [2.05, 4.69) is 39.4 Å². The Hall–Kier alpha value is -2.88. The highest BCUT2D eigenvalue weighted by atomic mass is 16.3. The zero-order valence-electron chi connectivity index (χ0n) is 14.1. The van der Waals surface area contributed by atoms with Crippen LogP contribution in [-0.4, -0.2) is 28.4 Å². The Kier molecular flexibility index (Phi) is 4.34. The molecule has 1 aromatic heterocycles. The molecule has 25 heavy (non-hydrogen) atoms. The van der Waals surface area contributed by atoms with Gasteiger partial charge in [0.2, 0.25) is 0 Å². The van der Waals surface area contributed by atoms with Crippen molar-refractivity contribution in [3.63, 3.8) is 0 Å². The van der Waals surface area contributed by atoms with Crippen molar-refractivity contribution >= 4 is 5.69 Å². The van der Waals surface area contributed by atoms with Crippen molar-refractivity contribution in [2.45, 2.75) is 19.3 Å². The van der Waals surface area contributed by atoms with E-state index in [0.29, 0.717) is 11.3 Å². The molecule has 1 N–H and O–H groups in total. The average molecular weight is 331 g/mol. The third-order valence-electron chi connectivity index (χ3n) is 4.76. The van der Waals surface area contributed by atoms with Gasteiger partial charge in [0.05, 0.1) is 11.9 Å². The Bertz CT molecular complexity index is 855. The minimum atomic E-state index is 0.217. The number of phenolic OH excluding ortho intramolecular Hbond substituents is 1.